The van der Waals surface area contributed by atoms with Crippen LogP contribution in [0.2, 0.25) is 0 Å². The third-order valence-electron chi connectivity index (χ3n) is 5.07. The average molecular weight is 508 g/mol. The van der Waals surface area contributed by atoms with Crippen molar-refractivity contribution in [3.63, 3.8) is 0 Å². The number of hydrogen-bond donors (Lipinski definition) is 1. The van der Waals surface area contributed by atoms with Crippen LogP contribution in [0.15, 0.2) is 11.2 Å². The first-order valence-electron chi connectivity index (χ1n) is 9.91. The molecule has 0 radical (unpaired) electrons. The van der Waals surface area contributed by atoms with E-state index in [1.54, 1.807) is 0 Å². The van der Waals surface area contributed by atoms with Crippen LogP contribution in [0.5, 0.6) is 0 Å². The molecule has 1 aromatic heterocycles. The molecule has 0 amide bonds. The molecule has 154 valence electrons. The van der Waals surface area contributed by atoms with Crippen molar-refractivity contribution in [1.29, 1.82) is 0 Å². The van der Waals surface area contributed by atoms with Crippen molar-refractivity contribution in [3.8, 4) is 0 Å². The number of hydrogen-bond acceptors (Lipinski definition) is 5. The molecule has 0 saturated carbocycles. The minimum atomic E-state index is 0. The number of aromatic nitrogens is 1. The smallest absolute Gasteiger partial charge is 0.193 e. The van der Waals surface area contributed by atoms with E-state index in [0.29, 0.717) is 12.2 Å². The zero-order chi connectivity index (χ0) is 18.2. The van der Waals surface area contributed by atoms with Crippen molar-refractivity contribution in [1.82, 2.24) is 15.2 Å². The summed E-state index contributed by atoms with van der Waals surface area (Å²) >= 11 is 1.81. The van der Waals surface area contributed by atoms with Gasteiger partial charge in [0.1, 0.15) is 0 Å². The van der Waals surface area contributed by atoms with Crippen molar-refractivity contribution in [2.24, 2.45) is 4.99 Å². The first kappa shape index (κ1) is 22.8. The van der Waals surface area contributed by atoms with Gasteiger partial charge >= 0.3 is 0 Å². The molecule has 1 N–H and O–H groups in total. The molecule has 8 heteroatoms. The van der Waals surface area contributed by atoms with Crippen LogP contribution < -0.4 is 5.32 Å². The van der Waals surface area contributed by atoms with E-state index >= 15 is 0 Å². The maximum Gasteiger partial charge on any atom is 0.193 e. The van der Waals surface area contributed by atoms with Gasteiger partial charge in [-0.3, -0.25) is 4.99 Å². The lowest BCUT2D eigenvalue weighted by Crippen LogP contribution is -2.47. The number of thiazole rings is 1. The van der Waals surface area contributed by atoms with Crippen molar-refractivity contribution < 1.29 is 9.47 Å². The van der Waals surface area contributed by atoms with Gasteiger partial charge in [0.2, 0.25) is 0 Å². The quantitative estimate of drug-likeness (QED) is 0.349. The van der Waals surface area contributed by atoms with Crippen LogP contribution >= 0.6 is 35.3 Å². The van der Waals surface area contributed by atoms with Gasteiger partial charge in [-0.25, -0.2) is 4.98 Å². The number of ether oxygens (including phenoxy) is 2. The Morgan fingerprint density at radius 1 is 1.41 bits per heavy atom. The molecule has 1 unspecified atom stereocenters. The van der Waals surface area contributed by atoms with Gasteiger partial charge in [0.15, 0.2) is 5.96 Å². The molecule has 0 bridgehead atoms. The largest absolute Gasteiger partial charge is 0.376 e. The summed E-state index contributed by atoms with van der Waals surface area (Å²) in [7, 11) is 1.86. The van der Waals surface area contributed by atoms with Gasteiger partial charge in [0, 0.05) is 50.8 Å². The normalized spacial score (nSPS) is 21.3. The SMILES string of the molecule is CCc1cnc(CCNC(=NC)N2CCC(OCC3CCCO3)CC2)s1.I. The molecule has 0 aliphatic carbocycles. The Labute approximate surface area is 184 Å². The highest BCUT2D eigenvalue weighted by atomic mass is 127. The van der Waals surface area contributed by atoms with E-state index in [9.17, 15) is 0 Å². The van der Waals surface area contributed by atoms with Crippen LogP contribution in [0.4, 0.5) is 0 Å². The Kier molecular flexibility index (Phi) is 10.3. The second-order valence-corrected chi connectivity index (χ2v) is 8.15. The molecule has 6 nitrogen and oxygen atoms in total. The highest BCUT2D eigenvalue weighted by molar-refractivity contribution is 14.0. The number of aryl methyl sites for hydroxylation is 1. The number of nitrogens with zero attached hydrogens (tertiary/aromatic N) is 3. The fourth-order valence-corrected chi connectivity index (χ4v) is 4.36. The molecule has 2 aliphatic rings. The van der Waals surface area contributed by atoms with E-state index in [-0.39, 0.29) is 24.0 Å². The topological polar surface area (TPSA) is 59.0 Å². The van der Waals surface area contributed by atoms with Crippen molar-refractivity contribution >= 4 is 41.3 Å². The van der Waals surface area contributed by atoms with Gasteiger partial charge in [0.25, 0.3) is 0 Å². The summed E-state index contributed by atoms with van der Waals surface area (Å²) in [6.07, 6.45) is 9.12. The van der Waals surface area contributed by atoms with E-state index in [1.165, 1.54) is 16.3 Å². The molecular weight excluding hydrogens is 475 g/mol. The molecule has 0 spiro atoms. The monoisotopic (exact) mass is 508 g/mol. The summed E-state index contributed by atoms with van der Waals surface area (Å²) in [6, 6.07) is 0. The molecule has 3 rings (SSSR count). The summed E-state index contributed by atoms with van der Waals surface area (Å²) in [5.41, 5.74) is 0. The van der Waals surface area contributed by atoms with Gasteiger partial charge in [-0.05, 0) is 32.1 Å². The lowest BCUT2D eigenvalue weighted by Gasteiger charge is -2.34. The molecule has 27 heavy (non-hydrogen) atoms. The summed E-state index contributed by atoms with van der Waals surface area (Å²) in [4.78, 5) is 12.6. The van der Waals surface area contributed by atoms with E-state index in [4.69, 9.17) is 9.47 Å². The van der Waals surface area contributed by atoms with E-state index in [0.717, 1.165) is 70.9 Å². The zero-order valence-electron chi connectivity index (χ0n) is 16.5. The molecule has 1 atom stereocenters. The average Bonchev–Trinajstić information content (AvgIpc) is 3.36. The Morgan fingerprint density at radius 3 is 2.85 bits per heavy atom. The number of piperidine rings is 1. The number of likely N-dealkylation sites (tertiary alicyclic amines) is 1. The first-order chi connectivity index (χ1) is 12.8. The third-order valence-corrected chi connectivity index (χ3v) is 6.27. The number of halogens is 1. The Hall–Kier alpha value is -0.450. The van der Waals surface area contributed by atoms with Crippen molar-refractivity contribution in [2.45, 2.75) is 57.7 Å². The molecule has 2 aliphatic heterocycles. The summed E-state index contributed by atoms with van der Waals surface area (Å²) < 4.78 is 11.7. The molecule has 0 aromatic carbocycles. The Morgan fingerprint density at radius 2 is 2.22 bits per heavy atom. The number of aliphatic imine (C=N–C) groups is 1. The van der Waals surface area contributed by atoms with Gasteiger partial charge in [-0.2, -0.15) is 0 Å². The lowest BCUT2D eigenvalue weighted by atomic mass is 10.1. The second kappa shape index (κ2) is 12.2. The fourth-order valence-electron chi connectivity index (χ4n) is 3.49. The number of rotatable bonds is 7. The Balaban J connectivity index is 0.00000261. The predicted molar refractivity (Wildman–Crippen MR) is 121 cm³/mol. The maximum absolute atomic E-state index is 6.06. The van der Waals surface area contributed by atoms with Gasteiger partial charge in [-0.15, -0.1) is 35.3 Å². The van der Waals surface area contributed by atoms with Crippen LogP contribution in [0, 0.1) is 0 Å². The van der Waals surface area contributed by atoms with Gasteiger partial charge in [0.05, 0.1) is 23.8 Å². The standard InChI is InChI=1S/C19H32N4O2S.HI/c1-3-17-13-22-18(26-17)6-9-21-19(20-2)23-10-7-15(8-11-23)25-14-16-5-4-12-24-16;/h13,15-16H,3-12,14H2,1-2H3,(H,20,21);1H. The van der Waals surface area contributed by atoms with Crippen LogP contribution in [-0.4, -0.2) is 67.9 Å². The van der Waals surface area contributed by atoms with Crippen LogP contribution in [0.3, 0.4) is 0 Å². The predicted octanol–water partition coefficient (Wildman–Crippen LogP) is 3.10. The summed E-state index contributed by atoms with van der Waals surface area (Å²) in [5, 5.41) is 4.69. The molecule has 2 saturated heterocycles. The van der Waals surface area contributed by atoms with Gasteiger partial charge < -0.3 is 19.7 Å². The van der Waals surface area contributed by atoms with Crippen molar-refractivity contribution in [2.75, 3.05) is 39.9 Å². The second-order valence-electron chi connectivity index (χ2n) is 6.95. The highest BCUT2D eigenvalue weighted by Crippen LogP contribution is 2.18. The summed E-state index contributed by atoms with van der Waals surface area (Å²) in [6.45, 7) is 6.69. The minimum absolute atomic E-state index is 0. The summed E-state index contributed by atoms with van der Waals surface area (Å²) in [5.74, 6) is 0.995. The molecular formula is C19H33IN4O2S. The van der Waals surface area contributed by atoms with Gasteiger partial charge in [-0.1, -0.05) is 6.92 Å². The third kappa shape index (κ3) is 7.14. The molecule has 1 aromatic rings. The van der Waals surface area contributed by atoms with Crippen LogP contribution in [-0.2, 0) is 22.3 Å². The minimum Gasteiger partial charge on any atom is -0.376 e. The van der Waals surface area contributed by atoms with Crippen LogP contribution in [0.25, 0.3) is 0 Å². The molecule has 2 fully saturated rings. The fraction of sp³-hybridized carbons (Fsp3) is 0.789. The van der Waals surface area contributed by atoms with Crippen LogP contribution in [0.1, 0.15) is 42.5 Å². The first-order valence-corrected chi connectivity index (χ1v) is 10.7. The van der Waals surface area contributed by atoms with Crippen molar-refractivity contribution in [3.05, 3.63) is 16.1 Å². The lowest BCUT2D eigenvalue weighted by molar-refractivity contribution is -0.0367. The number of nitrogens with one attached hydrogen (secondary N) is 1. The highest BCUT2D eigenvalue weighted by Gasteiger charge is 2.24. The maximum atomic E-state index is 6.06. The molecule has 3 heterocycles. The van der Waals surface area contributed by atoms with E-state index in [2.05, 4.69) is 27.1 Å². The van der Waals surface area contributed by atoms with E-state index < -0.39 is 0 Å². The van der Waals surface area contributed by atoms with E-state index in [1.807, 2.05) is 24.6 Å². The Bertz CT molecular complexity index is 570. The zero-order valence-corrected chi connectivity index (χ0v) is 19.6. The number of guanidine groups is 1.